The Labute approximate surface area is 194 Å². The molecule has 0 aliphatic heterocycles. The lowest BCUT2D eigenvalue weighted by Gasteiger charge is -2.18. The maximum absolute atomic E-state index is 13.0. The van der Waals surface area contributed by atoms with Gasteiger partial charge in [0.15, 0.2) is 11.0 Å². The van der Waals surface area contributed by atoms with Crippen molar-refractivity contribution < 1.29 is 9.53 Å². The molecule has 0 radical (unpaired) electrons. The molecule has 6 nitrogen and oxygen atoms in total. The smallest absolute Gasteiger partial charge is 0.237 e. The average Bonchev–Trinajstić information content (AvgIpc) is 3.17. The zero-order chi connectivity index (χ0) is 23.3. The molecule has 3 rings (SSSR count). The number of thioether (sulfide) groups is 1. The summed E-state index contributed by atoms with van der Waals surface area (Å²) in [5, 5.41) is 12.2. The third-order valence-corrected chi connectivity index (χ3v) is 6.28. The first-order valence-corrected chi connectivity index (χ1v) is 11.5. The lowest BCUT2D eigenvalue weighted by atomic mass is 9.98. The number of carbonyl (C=O) groups excluding carboxylic acids is 1. The molecule has 1 amide bonds. The SMILES string of the molecule is C=CCn1c(SC(C)C(=O)Nc2c(C)cccc2C(C)C)nnc1-c1ccc(OC)cc1. The largest absolute Gasteiger partial charge is 0.497 e. The number of ether oxygens (including phenoxy) is 1. The number of carbonyl (C=O) groups is 1. The summed E-state index contributed by atoms with van der Waals surface area (Å²) < 4.78 is 7.21. The normalized spacial score (nSPS) is 11.9. The molecule has 0 aliphatic rings. The number of aromatic nitrogens is 3. The van der Waals surface area contributed by atoms with Crippen LogP contribution in [-0.2, 0) is 11.3 Å². The highest BCUT2D eigenvalue weighted by Gasteiger charge is 2.22. The van der Waals surface area contributed by atoms with Crippen molar-refractivity contribution in [3.8, 4) is 17.1 Å². The Bertz CT molecular complexity index is 1090. The molecule has 0 spiro atoms. The van der Waals surface area contributed by atoms with Crippen molar-refractivity contribution in [2.24, 2.45) is 0 Å². The number of hydrogen-bond acceptors (Lipinski definition) is 5. The van der Waals surface area contributed by atoms with E-state index in [4.69, 9.17) is 4.74 Å². The molecule has 1 unspecified atom stereocenters. The molecule has 0 aliphatic carbocycles. The standard InChI is InChI=1S/C25H30N4O2S/c1-7-15-29-23(19-11-13-20(31-6)14-12-19)27-28-25(29)32-18(5)24(30)26-22-17(4)9-8-10-21(22)16(2)3/h7-14,16,18H,1,15H2,2-6H3,(H,26,30). The van der Waals surface area contributed by atoms with Gasteiger partial charge in [0, 0.05) is 17.8 Å². The molecule has 0 bridgehead atoms. The summed E-state index contributed by atoms with van der Waals surface area (Å²) in [5.41, 5.74) is 4.00. The molecular weight excluding hydrogens is 420 g/mol. The molecule has 1 atom stereocenters. The molecule has 32 heavy (non-hydrogen) atoms. The highest BCUT2D eigenvalue weighted by molar-refractivity contribution is 8.00. The van der Waals surface area contributed by atoms with Gasteiger partial charge < -0.3 is 10.1 Å². The monoisotopic (exact) mass is 450 g/mol. The van der Waals surface area contributed by atoms with Crippen LogP contribution in [0.3, 0.4) is 0 Å². The van der Waals surface area contributed by atoms with Crippen molar-refractivity contribution in [2.45, 2.75) is 50.6 Å². The first kappa shape index (κ1) is 23.6. The number of para-hydroxylation sites is 1. The van der Waals surface area contributed by atoms with Gasteiger partial charge in [0.25, 0.3) is 0 Å². The second kappa shape index (κ2) is 10.5. The zero-order valence-electron chi connectivity index (χ0n) is 19.3. The first-order chi connectivity index (χ1) is 15.3. The maximum Gasteiger partial charge on any atom is 0.237 e. The number of methoxy groups -OCH3 is 1. The number of amides is 1. The van der Waals surface area contributed by atoms with Gasteiger partial charge in [-0.2, -0.15) is 0 Å². The Balaban J connectivity index is 1.81. The van der Waals surface area contributed by atoms with Crippen LogP contribution in [0.5, 0.6) is 5.75 Å². The summed E-state index contributed by atoms with van der Waals surface area (Å²) in [4.78, 5) is 13.0. The van der Waals surface area contributed by atoms with Crippen LogP contribution in [0.4, 0.5) is 5.69 Å². The van der Waals surface area contributed by atoms with E-state index in [1.807, 2.05) is 54.8 Å². The minimum Gasteiger partial charge on any atom is -0.497 e. The Hall–Kier alpha value is -3.06. The van der Waals surface area contributed by atoms with Gasteiger partial charge in [-0.25, -0.2) is 0 Å². The van der Waals surface area contributed by atoms with Crippen LogP contribution >= 0.6 is 11.8 Å². The Morgan fingerprint density at radius 3 is 2.53 bits per heavy atom. The van der Waals surface area contributed by atoms with Crippen molar-refractivity contribution in [1.82, 2.24) is 14.8 Å². The highest BCUT2D eigenvalue weighted by Crippen LogP contribution is 2.31. The van der Waals surface area contributed by atoms with Crippen LogP contribution in [0.2, 0.25) is 0 Å². The van der Waals surface area contributed by atoms with Crippen LogP contribution in [-0.4, -0.2) is 33.0 Å². The Kier molecular flexibility index (Phi) is 7.75. The van der Waals surface area contributed by atoms with E-state index in [-0.39, 0.29) is 11.2 Å². The van der Waals surface area contributed by atoms with Gasteiger partial charge in [0.2, 0.25) is 5.91 Å². The van der Waals surface area contributed by atoms with Crippen molar-refractivity contribution in [3.63, 3.8) is 0 Å². The van der Waals surface area contributed by atoms with Crippen LogP contribution in [0.15, 0.2) is 60.3 Å². The van der Waals surface area contributed by atoms with Gasteiger partial charge in [-0.3, -0.25) is 9.36 Å². The molecular formula is C25H30N4O2S. The molecule has 7 heteroatoms. The molecule has 0 fully saturated rings. The van der Waals surface area contributed by atoms with Gasteiger partial charge in [0.1, 0.15) is 5.75 Å². The lowest BCUT2D eigenvalue weighted by Crippen LogP contribution is -2.24. The lowest BCUT2D eigenvalue weighted by molar-refractivity contribution is -0.115. The topological polar surface area (TPSA) is 69.0 Å². The van der Waals surface area contributed by atoms with Gasteiger partial charge >= 0.3 is 0 Å². The van der Waals surface area contributed by atoms with Crippen LogP contribution < -0.4 is 10.1 Å². The van der Waals surface area contributed by atoms with E-state index >= 15 is 0 Å². The van der Waals surface area contributed by atoms with E-state index in [9.17, 15) is 4.79 Å². The zero-order valence-corrected chi connectivity index (χ0v) is 20.1. The summed E-state index contributed by atoms with van der Waals surface area (Å²) in [5.74, 6) is 1.75. The molecule has 2 aromatic carbocycles. The number of rotatable bonds is 9. The number of allylic oxidation sites excluding steroid dienone is 1. The number of anilines is 1. The Morgan fingerprint density at radius 2 is 1.91 bits per heavy atom. The van der Waals surface area contributed by atoms with Gasteiger partial charge in [-0.1, -0.05) is 49.9 Å². The van der Waals surface area contributed by atoms with E-state index in [1.54, 1.807) is 13.2 Å². The second-order valence-corrected chi connectivity index (χ2v) is 9.19. The summed E-state index contributed by atoms with van der Waals surface area (Å²) in [6.45, 7) is 12.6. The van der Waals surface area contributed by atoms with Gasteiger partial charge in [-0.15, -0.1) is 16.8 Å². The predicted octanol–water partition coefficient (Wildman–Crippen LogP) is 5.69. The van der Waals surface area contributed by atoms with Crippen LogP contribution in [0.25, 0.3) is 11.4 Å². The van der Waals surface area contributed by atoms with Gasteiger partial charge in [0.05, 0.1) is 12.4 Å². The summed E-state index contributed by atoms with van der Waals surface area (Å²) in [6.07, 6.45) is 1.80. The third kappa shape index (κ3) is 5.22. The third-order valence-electron chi connectivity index (χ3n) is 5.20. The second-order valence-electron chi connectivity index (χ2n) is 7.88. The van der Waals surface area contributed by atoms with Gasteiger partial charge in [-0.05, 0) is 55.2 Å². The predicted molar refractivity (Wildman–Crippen MR) is 131 cm³/mol. The molecule has 168 valence electrons. The van der Waals surface area contributed by atoms with Crippen LogP contribution in [0, 0.1) is 6.92 Å². The van der Waals surface area contributed by atoms with Crippen molar-refractivity contribution in [1.29, 1.82) is 0 Å². The van der Waals surface area contributed by atoms with Crippen LogP contribution in [0.1, 0.15) is 37.8 Å². The molecule has 1 heterocycles. The average molecular weight is 451 g/mol. The molecule has 1 N–H and O–H groups in total. The molecule has 1 aromatic heterocycles. The summed E-state index contributed by atoms with van der Waals surface area (Å²) >= 11 is 1.39. The van der Waals surface area contributed by atoms with E-state index in [1.165, 1.54) is 11.8 Å². The fourth-order valence-corrected chi connectivity index (χ4v) is 4.26. The number of aryl methyl sites for hydroxylation is 1. The summed E-state index contributed by atoms with van der Waals surface area (Å²) in [7, 11) is 1.64. The first-order valence-electron chi connectivity index (χ1n) is 10.6. The van der Waals surface area contributed by atoms with Crippen molar-refractivity contribution in [3.05, 3.63) is 66.2 Å². The number of hydrogen-bond donors (Lipinski definition) is 1. The number of benzene rings is 2. The molecule has 3 aromatic rings. The minimum atomic E-state index is -0.355. The Morgan fingerprint density at radius 1 is 1.19 bits per heavy atom. The number of nitrogens with one attached hydrogen (secondary N) is 1. The highest BCUT2D eigenvalue weighted by atomic mass is 32.2. The summed E-state index contributed by atoms with van der Waals surface area (Å²) in [6, 6.07) is 13.8. The quantitative estimate of drug-likeness (QED) is 0.335. The fourth-order valence-electron chi connectivity index (χ4n) is 3.40. The van der Waals surface area contributed by atoms with Crippen molar-refractivity contribution in [2.75, 3.05) is 12.4 Å². The van der Waals surface area contributed by atoms with E-state index in [0.29, 0.717) is 17.6 Å². The number of nitrogens with zero attached hydrogens (tertiary/aromatic N) is 3. The molecule has 0 saturated heterocycles. The minimum absolute atomic E-state index is 0.0645. The van der Waals surface area contributed by atoms with E-state index < -0.39 is 0 Å². The van der Waals surface area contributed by atoms with E-state index in [0.717, 1.165) is 34.0 Å². The van der Waals surface area contributed by atoms with Crippen molar-refractivity contribution >= 4 is 23.4 Å². The maximum atomic E-state index is 13.0. The van der Waals surface area contributed by atoms with E-state index in [2.05, 4.69) is 42.0 Å². The fraction of sp³-hybridized carbons (Fsp3) is 0.320. The molecule has 0 saturated carbocycles.